The number of nitro groups is 1. The molecule has 0 heterocycles. The summed E-state index contributed by atoms with van der Waals surface area (Å²) in [5, 5.41) is 14.3. The summed E-state index contributed by atoms with van der Waals surface area (Å²) in [6, 6.07) is 6.56. The van der Waals surface area contributed by atoms with Crippen LogP contribution in [0.4, 0.5) is 5.69 Å². The molecule has 0 spiro atoms. The van der Waals surface area contributed by atoms with Crippen LogP contribution in [0.5, 0.6) is 0 Å². The zero-order valence-electron chi connectivity index (χ0n) is 12.3. The average molecular weight is 310 g/mol. The van der Waals surface area contributed by atoms with Gasteiger partial charge in [-0.3, -0.25) is 14.3 Å². The number of benzene rings is 1. The van der Waals surface area contributed by atoms with Crippen LogP contribution in [-0.2, 0) is 10.8 Å². The molecule has 1 N–H and O–H groups in total. The van der Waals surface area contributed by atoms with Gasteiger partial charge in [0.2, 0.25) is 0 Å². The first-order chi connectivity index (χ1) is 10.1. The molecule has 0 aliphatic heterocycles. The van der Waals surface area contributed by atoms with E-state index in [0.717, 1.165) is 38.6 Å². The Morgan fingerprint density at radius 1 is 1.33 bits per heavy atom. The van der Waals surface area contributed by atoms with E-state index in [0.29, 0.717) is 10.9 Å². The van der Waals surface area contributed by atoms with Gasteiger partial charge >= 0.3 is 0 Å². The summed E-state index contributed by atoms with van der Waals surface area (Å²) in [4.78, 5) is 10.9. The number of nitro benzene ring substituents is 1. The highest BCUT2D eigenvalue weighted by Gasteiger charge is 2.26. The highest BCUT2D eigenvalue weighted by Crippen LogP contribution is 2.27. The van der Waals surface area contributed by atoms with Gasteiger partial charge in [-0.05, 0) is 44.4 Å². The Bertz CT molecular complexity index is 504. The van der Waals surface area contributed by atoms with Gasteiger partial charge in [-0.15, -0.1) is 0 Å². The molecular weight excluding hydrogens is 288 g/mol. The molecule has 1 aromatic carbocycles. The maximum Gasteiger partial charge on any atom is 0.269 e. The van der Waals surface area contributed by atoms with Crippen molar-refractivity contribution in [2.45, 2.75) is 55.2 Å². The SMILES string of the molecule is CCCNC1CCCC(S(=O)c2ccc([N+](=O)[O-])cc2)C1. The molecule has 1 aromatic rings. The molecule has 1 aliphatic rings. The van der Waals surface area contributed by atoms with Gasteiger partial charge in [0.1, 0.15) is 0 Å². The Balaban J connectivity index is 2.00. The number of rotatable bonds is 6. The topological polar surface area (TPSA) is 72.2 Å². The maximum absolute atomic E-state index is 12.6. The monoisotopic (exact) mass is 310 g/mol. The molecule has 5 nitrogen and oxygen atoms in total. The van der Waals surface area contributed by atoms with Crippen LogP contribution in [0.1, 0.15) is 39.0 Å². The van der Waals surface area contributed by atoms with Crippen LogP contribution < -0.4 is 5.32 Å². The first kappa shape index (κ1) is 16.1. The molecule has 2 rings (SSSR count). The van der Waals surface area contributed by atoms with E-state index in [-0.39, 0.29) is 10.9 Å². The second kappa shape index (κ2) is 7.66. The zero-order chi connectivity index (χ0) is 15.2. The molecule has 3 unspecified atom stereocenters. The standard InChI is InChI=1S/C15H22N2O3S/c1-2-10-16-12-4-3-5-15(11-12)21(20)14-8-6-13(7-9-14)17(18)19/h6-9,12,15-16H,2-5,10-11H2,1H3. The summed E-state index contributed by atoms with van der Waals surface area (Å²) in [6.07, 6.45) is 5.23. The minimum Gasteiger partial charge on any atom is -0.314 e. The summed E-state index contributed by atoms with van der Waals surface area (Å²) in [5.74, 6) is 0. The molecule has 1 aliphatic carbocycles. The predicted molar refractivity (Wildman–Crippen MR) is 83.8 cm³/mol. The molecule has 1 saturated carbocycles. The van der Waals surface area contributed by atoms with E-state index in [9.17, 15) is 14.3 Å². The first-order valence-corrected chi connectivity index (χ1v) is 8.71. The average Bonchev–Trinajstić information content (AvgIpc) is 2.52. The molecule has 3 atom stereocenters. The van der Waals surface area contributed by atoms with Crippen LogP contribution in [-0.4, -0.2) is 27.0 Å². The summed E-state index contributed by atoms with van der Waals surface area (Å²) in [6.45, 7) is 3.14. The fourth-order valence-electron chi connectivity index (χ4n) is 2.77. The number of hydrogen-bond acceptors (Lipinski definition) is 4. The second-order valence-electron chi connectivity index (χ2n) is 5.49. The van der Waals surface area contributed by atoms with Gasteiger partial charge in [-0.2, -0.15) is 0 Å². The minimum atomic E-state index is -1.08. The largest absolute Gasteiger partial charge is 0.314 e. The molecule has 0 bridgehead atoms. The van der Waals surface area contributed by atoms with Crippen molar-refractivity contribution < 1.29 is 9.13 Å². The second-order valence-corrected chi connectivity index (χ2v) is 7.22. The van der Waals surface area contributed by atoms with Gasteiger partial charge in [0.05, 0.1) is 15.7 Å². The summed E-state index contributed by atoms with van der Waals surface area (Å²) < 4.78 is 12.6. The molecule has 0 amide bonds. The zero-order valence-corrected chi connectivity index (χ0v) is 13.1. The van der Waals surface area contributed by atoms with Crippen molar-refractivity contribution in [3.63, 3.8) is 0 Å². The van der Waals surface area contributed by atoms with E-state index < -0.39 is 15.7 Å². The fraction of sp³-hybridized carbons (Fsp3) is 0.600. The third-order valence-corrected chi connectivity index (χ3v) is 5.66. The van der Waals surface area contributed by atoms with Crippen molar-refractivity contribution in [3.05, 3.63) is 34.4 Å². The summed E-state index contributed by atoms with van der Waals surface area (Å²) in [7, 11) is -1.08. The summed E-state index contributed by atoms with van der Waals surface area (Å²) >= 11 is 0. The molecule has 0 radical (unpaired) electrons. The van der Waals surface area contributed by atoms with E-state index in [2.05, 4.69) is 12.2 Å². The van der Waals surface area contributed by atoms with Gasteiger partial charge in [-0.25, -0.2) is 0 Å². The highest BCUT2D eigenvalue weighted by molar-refractivity contribution is 7.85. The van der Waals surface area contributed by atoms with Crippen LogP contribution >= 0.6 is 0 Å². The number of non-ortho nitro benzene ring substituents is 1. The van der Waals surface area contributed by atoms with E-state index in [1.165, 1.54) is 12.1 Å². The molecule has 116 valence electrons. The van der Waals surface area contributed by atoms with E-state index in [4.69, 9.17) is 0 Å². The van der Waals surface area contributed by atoms with Crippen LogP contribution in [0.2, 0.25) is 0 Å². The Kier molecular flexibility index (Phi) is 5.87. The van der Waals surface area contributed by atoms with E-state index >= 15 is 0 Å². The Labute approximate surface area is 127 Å². The predicted octanol–water partition coefficient (Wildman–Crippen LogP) is 3.01. The Hall–Kier alpha value is -1.27. The molecular formula is C15H22N2O3S. The third kappa shape index (κ3) is 4.35. The molecule has 0 aromatic heterocycles. The lowest BCUT2D eigenvalue weighted by molar-refractivity contribution is -0.384. The van der Waals surface area contributed by atoms with Gasteiger partial charge in [0.25, 0.3) is 5.69 Å². The lowest BCUT2D eigenvalue weighted by Crippen LogP contribution is -2.37. The third-order valence-electron chi connectivity index (χ3n) is 3.89. The number of nitrogens with one attached hydrogen (secondary N) is 1. The van der Waals surface area contributed by atoms with Crippen LogP contribution in [0, 0.1) is 10.1 Å². The Morgan fingerprint density at radius 2 is 2.05 bits per heavy atom. The molecule has 0 saturated heterocycles. The van der Waals surface area contributed by atoms with E-state index in [1.807, 2.05) is 0 Å². The lowest BCUT2D eigenvalue weighted by Gasteiger charge is -2.29. The fourth-order valence-corrected chi connectivity index (χ4v) is 4.34. The molecule has 21 heavy (non-hydrogen) atoms. The van der Waals surface area contributed by atoms with Gasteiger partial charge in [-0.1, -0.05) is 13.3 Å². The van der Waals surface area contributed by atoms with Gasteiger partial charge in [0, 0.05) is 28.3 Å². The van der Waals surface area contributed by atoms with Crippen molar-refractivity contribution in [1.82, 2.24) is 5.32 Å². The molecule has 6 heteroatoms. The highest BCUT2D eigenvalue weighted by atomic mass is 32.2. The molecule has 1 fully saturated rings. The first-order valence-electron chi connectivity index (χ1n) is 7.50. The van der Waals surface area contributed by atoms with Crippen LogP contribution in [0.3, 0.4) is 0 Å². The van der Waals surface area contributed by atoms with Crippen LogP contribution in [0.25, 0.3) is 0 Å². The number of hydrogen-bond donors (Lipinski definition) is 1. The normalized spacial score (nSPS) is 23.7. The smallest absolute Gasteiger partial charge is 0.269 e. The van der Waals surface area contributed by atoms with Gasteiger partial charge < -0.3 is 5.32 Å². The summed E-state index contributed by atoms with van der Waals surface area (Å²) in [5.41, 5.74) is 0.0434. The number of nitrogens with zero attached hydrogens (tertiary/aromatic N) is 1. The maximum atomic E-state index is 12.6. The van der Waals surface area contributed by atoms with Crippen molar-refractivity contribution >= 4 is 16.5 Å². The lowest BCUT2D eigenvalue weighted by atomic mass is 9.95. The minimum absolute atomic E-state index is 0.0434. The van der Waals surface area contributed by atoms with Gasteiger partial charge in [0.15, 0.2) is 0 Å². The quantitative estimate of drug-likeness (QED) is 0.647. The van der Waals surface area contributed by atoms with Crippen molar-refractivity contribution in [2.75, 3.05) is 6.54 Å². The Morgan fingerprint density at radius 3 is 2.67 bits per heavy atom. The van der Waals surface area contributed by atoms with E-state index in [1.54, 1.807) is 12.1 Å². The van der Waals surface area contributed by atoms with Crippen LogP contribution in [0.15, 0.2) is 29.2 Å². The van der Waals surface area contributed by atoms with Crippen molar-refractivity contribution in [3.8, 4) is 0 Å². The van der Waals surface area contributed by atoms with Crippen molar-refractivity contribution in [2.24, 2.45) is 0 Å². The van der Waals surface area contributed by atoms with Crippen molar-refractivity contribution in [1.29, 1.82) is 0 Å².